The van der Waals surface area contributed by atoms with E-state index in [0.29, 0.717) is 6.61 Å². The van der Waals surface area contributed by atoms with Crippen LogP contribution in [0.15, 0.2) is 41.1 Å². The molecule has 0 bridgehead atoms. The summed E-state index contributed by atoms with van der Waals surface area (Å²) in [6.45, 7) is 2.34. The summed E-state index contributed by atoms with van der Waals surface area (Å²) in [7, 11) is 0. The minimum absolute atomic E-state index is 0.0280. The second-order valence-electron chi connectivity index (χ2n) is 3.62. The standard InChI is InChI=1S/C13H15N3O2/c1-2-3-9-18-13(17)12(15-16-14)10-11-7-5-4-6-8-11/h4-8,10H,2-3,9H2,1H3. The molecule has 5 nitrogen and oxygen atoms in total. The summed E-state index contributed by atoms with van der Waals surface area (Å²) in [4.78, 5) is 14.3. The average Bonchev–Trinajstić information content (AvgIpc) is 2.39. The van der Waals surface area contributed by atoms with Gasteiger partial charge in [-0.05, 0) is 23.6 Å². The summed E-state index contributed by atoms with van der Waals surface area (Å²) in [5.41, 5.74) is 9.20. The van der Waals surface area contributed by atoms with Crippen molar-refractivity contribution in [2.45, 2.75) is 19.8 Å². The van der Waals surface area contributed by atoms with E-state index >= 15 is 0 Å². The van der Waals surface area contributed by atoms with E-state index in [-0.39, 0.29) is 5.70 Å². The molecule has 0 spiro atoms. The number of ether oxygens (including phenoxy) is 1. The predicted octanol–water partition coefficient (Wildman–Crippen LogP) is 3.68. The van der Waals surface area contributed by atoms with Crippen molar-refractivity contribution < 1.29 is 9.53 Å². The molecule has 0 radical (unpaired) electrons. The number of unbranched alkanes of at least 4 members (excludes halogenated alkanes) is 1. The summed E-state index contributed by atoms with van der Waals surface area (Å²) in [5.74, 6) is -0.592. The molecule has 0 fully saturated rings. The molecule has 94 valence electrons. The lowest BCUT2D eigenvalue weighted by Crippen LogP contribution is -2.07. The molecular weight excluding hydrogens is 230 g/mol. The highest BCUT2D eigenvalue weighted by Gasteiger charge is 2.08. The molecule has 1 aromatic carbocycles. The van der Waals surface area contributed by atoms with Gasteiger partial charge in [0.1, 0.15) is 5.70 Å². The predicted molar refractivity (Wildman–Crippen MR) is 69.4 cm³/mol. The first-order chi connectivity index (χ1) is 8.77. The number of nitrogens with zero attached hydrogens (tertiary/aromatic N) is 3. The Labute approximate surface area is 106 Å². The quantitative estimate of drug-likeness (QED) is 0.191. The molecule has 0 aliphatic rings. The van der Waals surface area contributed by atoms with E-state index in [1.165, 1.54) is 6.08 Å². The molecule has 0 N–H and O–H groups in total. The molecule has 0 aromatic heterocycles. The maximum absolute atomic E-state index is 11.7. The third-order valence-electron chi connectivity index (χ3n) is 2.20. The molecule has 18 heavy (non-hydrogen) atoms. The zero-order chi connectivity index (χ0) is 13.2. The van der Waals surface area contributed by atoms with Crippen LogP contribution in [-0.2, 0) is 9.53 Å². The van der Waals surface area contributed by atoms with Crippen LogP contribution in [0.5, 0.6) is 0 Å². The molecule has 1 aromatic rings. The van der Waals surface area contributed by atoms with Crippen LogP contribution < -0.4 is 0 Å². The highest BCUT2D eigenvalue weighted by molar-refractivity contribution is 5.93. The van der Waals surface area contributed by atoms with Gasteiger partial charge in [-0.1, -0.05) is 48.8 Å². The monoisotopic (exact) mass is 245 g/mol. The van der Waals surface area contributed by atoms with E-state index in [1.807, 2.05) is 37.3 Å². The molecule has 0 saturated heterocycles. The van der Waals surface area contributed by atoms with E-state index < -0.39 is 5.97 Å². The van der Waals surface area contributed by atoms with Gasteiger partial charge in [0.25, 0.3) is 0 Å². The van der Waals surface area contributed by atoms with Gasteiger partial charge in [0, 0.05) is 4.91 Å². The van der Waals surface area contributed by atoms with Crippen LogP contribution in [-0.4, -0.2) is 12.6 Å². The first-order valence-electron chi connectivity index (χ1n) is 5.77. The van der Waals surface area contributed by atoms with Gasteiger partial charge in [-0.15, -0.1) is 0 Å². The van der Waals surface area contributed by atoms with Crippen molar-refractivity contribution in [3.05, 3.63) is 52.0 Å². The molecule has 0 saturated carbocycles. The fourth-order valence-electron chi connectivity index (χ4n) is 1.27. The summed E-state index contributed by atoms with van der Waals surface area (Å²) in [6.07, 6.45) is 3.24. The summed E-state index contributed by atoms with van der Waals surface area (Å²) in [6, 6.07) is 9.16. The molecule has 0 amide bonds. The summed E-state index contributed by atoms with van der Waals surface area (Å²) in [5, 5.41) is 3.37. The van der Waals surface area contributed by atoms with Crippen molar-refractivity contribution in [2.75, 3.05) is 6.61 Å². The van der Waals surface area contributed by atoms with Crippen LogP contribution in [0.3, 0.4) is 0 Å². The molecule has 0 aliphatic heterocycles. The van der Waals surface area contributed by atoms with Crippen molar-refractivity contribution in [3.8, 4) is 0 Å². The Bertz CT molecular complexity index is 462. The number of rotatable bonds is 6. The van der Waals surface area contributed by atoms with Gasteiger partial charge in [-0.3, -0.25) is 0 Å². The van der Waals surface area contributed by atoms with E-state index in [1.54, 1.807) is 0 Å². The molecule has 0 unspecified atom stereocenters. The number of azide groups is 1. The highest BCUT2D eigenvalue weighted by Crippen LogP contribution is 2.10. The highest BCUT2D eigenvalue weighted by atomic mass is 16.5. The molecule has 5 heteroatoms. The van der Waals surface area contributed by atoms with Gasteiger partial charge < -0.3 is 4.74 Å². The number of esters is 1. The maximum atomic E-state index is 11.7. The van der Waals surface area contributed by atoms with Crippen molar-refractivity contribution in [1.82, 2.24) is 0 Å². The minimum Gasteiger partial charge on any atom is -0.462 e. The van der Waals surface area contributed by atoms with Gasteiger partial charge in [-0.2, -0.15) is 0 Å². The van der Waals surface area contributed by atoms with Crippen LogP contribution in [0, 0.1) is 0 Å². The lowest BCUT2D eigenvalue weighted by molar-refractivity contribution is -0.139. The Morgan fingerprint density at radius 3 is 2.78 bits per heavy atom. The summed E-state index contributed by atoms with van der Waals surface area (Å²) >= 11 is 0. The number of hydrogen-bond donors (Lipinski definition) is 0. The third-order valence-corrected chi connectivity index (χ3v) is 2.20. The number of hydrogen-bond acceptors (Lipinski definition) is 3. The van der Waals surface area contributed by atoms with Crippen LogP contribution in [0.25, 0.3) is 16.5 Å². The van der Waals surface area contributed by atoms with Crippen molar-refractivity contribution in [2.24, 2.45) is 5.11 Å². The van der Waals surface area contributed by atoms with Crippen molar-refractivity contribution in [1.29, 1.82) is 0 Å². The Kier molecular flexibility index (Phi) is 6.08. The SMILES string of the molecule is CCCCOC(=O)C(=Cc1ccccc1)N=[N+]=[N-]. The maximum Gasteiger partial charge on any atom is 0.340 e. The van der Waals surface area contributed by atoms with Crippen LogP contribution in [0.1, 0.15) is 25.3 Å². The van der Waals surface area contributed by atoms with E-state index in [0.717, 1.165) is 18.4 Å². The first kappa shape index (κ1) is 13.8. The first-order valence-corrected chi connectivity index (χ1v) is 5.77. The smallest absolute Gasteiger partial charge is 0.340 e. The van der Waals surface area contributed by atoms with E-state index in [2.05, 4.69) is 10.0 Å². The van der Waals surface area contributed by atoms with Crippen LogP contribution in [0.2, 0.25) is 0 Å². The zero-order valence-corrected chi connectivity index (χ0v) is 10.2. The Morgan fingerprint density at radius 2 is 2.17 bits per heavy atom. The largest absolute Gasteiger partial charge is 0.462 e. The average molecular weight is 245 g/mol. The molecule has 0 atom stereocenters. The number of carbonyl (C=O) groups is 1. The van der Waals surface area contributed by atoms with Crippen LogP contribution in [0.4, 0.5) is 0 Å². The number of benzene rings is 1. The zero-order valence-electron chi connectivity index (χ0n) is 10.2. The van der Waals surface area contributed by atoms with E-state index in [4.69, 9.17) is 10.3 Å². The Hall–Kier alpha value is -2.26. The second kappa shape index (κ2) is 7.92. The topological polar surface area (TPSA) is 75.1 Å². The van der Waals surface area contributed by atoms with Gasteiger partial charge in [-0.25, -0.2) is 4.79 Å². The Morgan fingerprint density at radius 1 is 1.44 bits per heavy atom. The van der Waals surface area contributed by atoms with Gasteiger partial charge in [0.2, 0.25) is 0 Å². The normalized spacial score (nSPS) is 10.6. The minimum atomic E-state index is -0.592. The lowest BCUT2D eigenvalue weighted by atomic mass is 10.2. The van der Waals surface area contributed by atoms with Crippen LogP contribution >= 0.6 is 0 Å². The number of carbonyl (C=O) groups excluding carboxylic acids is 1. The van der Waals surface area contributed by atoms with Crippen molar-refractivity contribution >= 4 is 12.0 Å². The second-order valence-corrected chi connectivity index (χ2v) is 3.62. The molecular formula is C13H15N3O2. The molecule has 0 aliphatic carbocycles. The van der Waals surface area contributed by atoms with Gasteiger partial charge >= 0.3 is 5.97 Å². The van der Waals surface area contributed by atoms with Gasteiger partial charge in [0.05, 0.1) is 6.61 Å². The molecule has 1 rings (SSSR count). The Balaban J connectivity index is 2.79. The fraction of sp³-hybridized carbons (Fsp3) is 0.308. The summed E-state index contributed by atoms with van der Waals surface area (Å²) < 4.78 is 5.00. The third kappa shape index (κ3) is 4.72. The molecule has 0 heterocycles. The lowest BCUT2D eigenvalue weighted by Gasteiger charge is -2.03. The van der Waals surface area contributed by atoms with Gasteiger partial charge in [0.15, 0.2) is 0 Å². The van der Waals surface area contributed by atoms with E-state index in [9.17, 15) is 4.79 Å². The van der Waals surface area contributed by atoms with Crippen molar-refractivity contribution in [3.63, 3.8) is 0 Å². The fourth-order valence-corrected chi connectivity index (χ4v) is 1.27.